The number of para-hydroxylation sites is 1. The average Bonchev–Trinajstić information content (AvgIpc) is 3.11. The molecule has 2 heterocycles. The number of likely N-dealkylation sites (tertiary alicyclic amines) is 1. The summed E-state index contributed by atoms with van der Waals surface area (Å²) >= 11 is 0. The Morgan fingerprint density at radius 1 is 1.13 bits per heavy atom. The zero-order chi connectivity index (χ0) is 21.3. The zero-order valence-corrected chi connectivity index (χ0v) is 17.6. The molecule has 30 heavy (non-hydrogen) atoms. The summed E-state index contributed by atoms with van der Waals surface area (Å²) in [5.74, 6) is 0.233. The fraction of sp³-hybridized carbons (Fsp3) is 0.227. The number of sulfonamides is 1. The van der Waals surface area contributed by atoms with E-state index in [2.05, 4.69) is 14.7 Å². The van der Waals surface area contributed by atoms with E-state index in [1.54, 1.807) is 18.2 Å². The van der Waals surface area contributed by atoms with Crippen molar-refractivity contribution in [2.45, 2.75) is 24.7 Å². The summed E-state index contributed by atoms with van der Waals surface area (Å²) in [5, 5.41) is 3.54. The molecule has 1 N–H and O–H groups in total. The summed E-state index contributed by atoms with van der Waals surface area (Å²) in [6, 6.07) is 15.3. The van der Waals surface area contributed by atoms with Crippen LogP contribution in [0.15, 0.2) is 63.9 Å². The number of hydrogen-bond acceptors (Lipinski definition) is 4. The molecule has 1 aromatic heterocycles. The van der Waals surface area contributed by atoms with Crippen LogP contribution < -0.4 is 5.32 Å². The fourth-order valence-corrected chi connectivity index (χ4v) is 4.67. The minimum absolute atomic E-state index is 0.0452. The molecule has 0 bridgehead atoms. The summed E-state index contributed by atoms with van der Waals surface area (Å²) in [6.45, 7) is 2.62. The van der Waals surface area contributed by atoms with Crippen LogP contribution in [0.3, 0.4) is 0 Å². The standard InChI is InChI=1S/C22H22N4O3S/c1-15-13-19(18-9-3-4-10-20(18)23-15)22(27)24-16-7-5-8-17(14-16)30(28,29)25-21-11-6-12-26(21)2/h3-5,7-10,13-14H,6,11-12H2,1-2H3,(H,24,27). The lowest BCUT2D eigenvalue weighted by Gasteiger charge is -2.12. The second-order valence-corrected chi connectivity index (χ2v) is 8.92. The van der Waals surface area contributed by atoms with Crippen molar-refractivity contribution in [3.05, 3.63) is 65.9 Å². The first kappa shape index (κ1) is 20.0. The van der Waals surface area contributed by atoms with Gasteiger partial charge in [0.25, 0.3) is 15.9 Å². The molecule has 1 fully saturated rings. The smallest absolute Gasteiger partial charge is 0.284 e. The number of pyridine rings is 1. The number of aryl methyl sites for hydroxylation is 1. The predicted octanol–water partition coefficient (Wildman–Crippen LogP) is 3.61. The Morgan fingerprint density at radius 3 is 2.70 bits per heavy atom. The molecule has 1 aliphatic rings. The summed E-state index contributed by atoms with van der Waals surface area (Å²) in [4.78, 5) is 19.3. The molecule has 8 heteroatoms. The molecule has 4 rings (SSSR count). The van der Waals surface area contributed by atoms with Crippen LogP contribution in [0.25, 0.3) is 10.9 Å². The zero-order valence-electron chi connectivity index (χ0n) is 16.8. The van der Waals surface area contributed by atoms with E-state index in [4.69, 9.17) is 0 Å². The molecule has 0 saturated carbocycles. The maximum absolute atomic E-state index is 12.9. The van der Waals surface area contributed by atoms with Gasteiger partial charge in [-0.05, 0) is 43.7 Å². The van der Waals surface area contributed by atoms with E-state index >= 15 is 0 Å². The van der Waals surface area contributed by atoms with Gasteiger partial charge < -0.3 is 10.2 Å². The number of nitrogens with one attached hydrogen (secondary N) is 1. The Morgan fingerprint density at radius 2 is 1.93 bits per heavy atom. The first-order valence-electron chi connectivity index (χ1n) is 9.66. The number of aromatic nitrogens is 1. The third-order valence-corrected chi connectivity index (χ3v) is 6.34. The highest BCUT2D eigenvalue weighted by Crippen LogP contribution is 2.23. The maximum atomic E-state index is 12.9. The SMILES string of the molecule is Cc1cc(C(=O)Nc2cccc(S(=O)(=O)N=C3CCCN3C)c2)c2ccccc2n1. The number of carbonyl (C=O) groups excluding carboxylic acids is 1. The molecular formula is C22H22N4O3S. The maximum Gasteiger partial charge on any atom is 0.284 e. The largest absolute Gasteiger partial charge is 0.362 e. The molecule has 0 unspecified atom stereocenters. The number of carbonyl (C=O) groups is 1. The number of hydrogen-bond donors (Lipinski definition) is 1. The van der Waals surface area contributed by atoms with Crippen molar-refractivity contribution in [3.8, 4) is 0 Å². The summed E-state index contributed by atoms with van der Waals surface area (Å²) in [6.07, 6.45) is 1.53. The van der Waals surface area contributed by atoms with Gasteiger partial charge in [-0.25, -0.2) is 0 Å². The Balaban J connectivity index is 1.64. The van der Waals surface area contributed by atoms with Crippen molar-refractivity contribution in [2.24, 2.45) is 4.40 Å². The van der Waals surface area contributed by atoms with Gasteiger partial charge in [0.2, 0.25) is 0 Å². The molecule has 0 radical (unpaired) electrons. The number of benzene rings is 2. The van der Waals surface area contributed by atoms with Crippen LogP contribution in [0.4, 0.5) is 5.69 Å². The lowest BCUT2D eigenvalue weighted by molar-refractivity contribution is 0.102. The summed E-state index contributed by atoms with van der Waals surface area (Å²) < 4.78 is 29.4. The van der Waals surface area contributed by atoms with Gasteiger partial charge in [-0.3, -0.25) is 9.78 Å². The van der Waals surface area contributed by atoms with Crippen molar-refractivity contribution in [3.63, 3.8) is 0 Å². The van der Waals surface area contributed by atoms with Gasteiger partial charge in [-0.1, -0.05) is 24.3 Å². The van der Waals surface area contributed by atoms with Crippen LogP contribution in [0.2, 0.25) is 0 Å². The molecule has 0 aliphatic carbocycles. The predicted molar refractivity (Wildman–Crippen MR) is 117 cm³/mol. The third kappa shape index (κ3) is 4.04. The second kappa shape index (κ2) is 7.87. The number of nitrogens with zero attached hydrogens (tertiary/aromatic N) is 3. The number of rotatable bonds is 4. The topological polar surface area (TPSA) is 91.7 Å². The van der Waals surface area contributed by atoms with Crippen molar-refractivity contribution >= 4 is 38.4 Å². The van der Waals surface area contributed by atoms with E-state index < -0.39 is 10.0 Å². The van der Waals surface area contributed by atoms with Crippen LogP contribution in [-0.2, 0) is 10.0 Å². The van der Waals surface area contributed by atoms with Crippen LogP contribution in [-0.4, -0.2) is 43.6 Å². The van der Waals surface area contributed by atoms with E-state index in [1.165, 1.54) is 12.1 Å². The molecule has 154 valence electrons. The monoisotopic (exact) mass is 422 g/mol. The van der Waals surface area contributed by atoms with Gasteiger partial charge in [-0.2, -0.15) is 8.42 Å². The van der Waals surface area contributed by atoms with Gasteiger partial charge in [0.05, 0.1) is 16.0 Å². The van der Waals surface area contributed by atoms with E-state index in [9.17, 15) is 13.2 Å². The number of fused-ring (bicyclic) bond motifs is 1. The molecule has 1 aliphatic heterocycles. The van der Waals surface area contributed by atoms with Gasteiger partial charge >= 0.3 is 0 Å². The van der Waals surface area contributed by atoms with Crippen LogP contribution in [0.1, 0.15) is 28.9 Å². The highest BCUT2D eigenvalue weighted by molar-refractivity contribution is 7.90. The molecule has 0 atom stereocenters. The van der Waals surface area contributed by atoms with E-state index in [0.717, 1.165) is 29.6 Å². The molecular weight excluding hydrogens is 400 g/mol. The number of amidine groups is 1. The Bertz CT molecular complexity index is 1270. The van der Waals surface area contributed by atoms with Crippen molar-refractivity contribution in [1.29, 1.82) is 0 Å². The van der Waals surface area contributed by atoms with Gasteiger partial charge in [0.15, 0.2) is 0 Å². The quantitative estimate of drug-likeness (QED) is 0.693. The molecule has 2 aromatic carbocycles. The molecule has 1 saturated heterocycles. The fourth-order valence-electron chi connectivity index (χ4n) is 3.53. The molecule has 7 nitrogen and oxygen atoms in total. The molecule has 1 amide bonds. The highest BCUT2D eigenvalue weighted by Gasteiger charge is 2.21. The van der Waals surface area contributed by atoms with Crippen molar-refractivity contribution < 1.29 is 13.2 Å². The van der Waals surface area contributed by atoms with Crippen LogP contribution >= 0.6 is 0 Å². The summed E-state index contributed by atoms with van der Waals surface area (Å²) in [5.41, 5.74) is 2.33. The van der Waals surface area contributed by atoms with Gasteiger partial charge in [-0.15, -0.1) is 4.40 Å². The van der Waals surface area contributed by atoms with E-state index in [0.29, 0.717) is 23.5 Å². The first-order valence-corrected chi connectivity index (χ1v) is 11.1. The lowest BCUT2D eigenvalue weighted by atomic mass is 10.1. The Kier molecular flexibility index (Phi) is 5.26. The van der Waals surface area contributed by atoms with Crippen LogP contribution in [0.5, 0.6) is 0 Å². The Hall–Kier alpha value is -3.26. The average molecular weight is 423 g/mol. The Labute approximate surface area is 175 Å². The molecule has 3 aromatic rings. The van der Waals surface area contributed by atoms with Gasteiger partial charge in [0.1, 0.15) is 5.84 Å². The minimum Gasteiger partial charge on any atom is -0.362 e. The molecule has 0 spiro atoms. The first-order chi connectivity index (χ1) is 14.3. The van der Waals surface area contributed by atoms with Crippen molar-refractivity contribution in [2.75, 3.05) is 18.9 Å². The minimum atomic E-state index is -3.86. The normalized spacial score (nSPS) is 15.7. The summed E-state index contributed by atoms with van der Waals surface area (Å²) in [7, 11) is -2.02. The highest BCUT2D eigenvalue weighted by atomic mass is 32.2. The number of amides is 1. The van der Waals surface area contributed by atoms with Gasteiger partial charge in [0, 0.05) is 36.8 Å². The van der Waals surface area contributed by atoms with E-state index in [1.807, 2.05) is 43.1 Å². The second-order valence-electron chi connectivity index (χ2n) is 7.32. The van der Waals surface area contributed by atoms with Crippen molar-refractivity contribution in [1.82, 2.24) is 9.88 Å². The van der Waals surface area contributed by atoms with Crippen LogP contribution in [0, 0.1) is 6.92 Å². The van der Waals surface area contributed by atoms with E-state index in [-0.39, 0.29) is 10.8 Å². The number of anilines is 1. The lowest BCUT2D eigenvalue weighted by Crippen LogP contribution is -2.20. The third-order valence-electron chi connectivity index (χ3n) is 5.04.